The third kappa shape index (κ3) is 5.52. The molecule has 0 aliphatic carbocycles. The molecule has 0 saturated heterocycles. The van der Waals surface area contributed by atoms with Crippen molar-refractivity contribution in [1.82, 2.24) is 19.3 Å². The molecule has 0 amide bonds. The second-order valence-corrected chi connectivity index (χ2v) is 11.5. The third-order valence-corrected chi connectivity index (χ3v) is 7.59. The van der Waals surface area contributed by atoms with E-state index in [1.54, 1.807) is 42.9 Å². The average Bonchev–Trinajstić information content (AvgIpc) is 3.60. The second-order valence-electron chi connectivity index (χ2n) is 9.00. The summed E-state index contributed by atoms with van der Waals surface area (Å²) in [5.74, 6) is -1.44. The van der Waals surface area contributed by atoms with Crippen molar-refractivity contribution < 1.29 is 19.8 Å². The van der Waals surface area contributed by atoms with E-state index in [9.17, 15) is 24.6 Å². The van der Waals surface area contributed by atoms with Crippen molar-refractivity contribution in [2.45, 2.75) is 33.9 Å². The Morgan fingerprint density at radius 1 is 1.24 bits per heavy atom. The molecule has 194 valence electrons. The smallest absolute Gasteiger partial charge is 0.341 e. The number of nitrogens with zero attached hydrogens (tertiary/aromatic N) is 4. The highest BCUT2D eigenvalue weighted by molar-refractivity contribution is 7.16. The number of hydrogen-bond donors (Lipinski definition) is 3. The number of aromatic carboxylic acids is 1. The summed E-state index contributed by atoms with van der Waals surface area (Å²) < 4.78 is 3.09. The Morgan fingerprint density at radius 3 is 2.59 bits per heavy atom. The lowest BCUT2D eigenvalue weighted by molar-refractivity contribution is 0.0615. The number of carbonyl (C=O) groups is 2. The molecule has 4 aromatic rings. The number of carbonyl (C=O) groups excluding carboxylic acids is 1. The molecule has 4 aromatic heterocycles. The zero-order chi connectivity index (χ0) is 26.9. The zero-order valence-corrected chi connectivity index (χ0v) is 22.6. The summed E-state index contributed by atoms with van der Waals surface area (Å²) in [6.07, 6.45) is 0. The minimum absolute atomic E-state index is 0.0254. The van der Waals surface area contributed by atoms with Crippen molar-refractivity contribution in [3.05, 3.63) is 71.5 Å². The normalized spacial score (nSPS) is 11.6. The van der Waals surface area contributed by atoms with E-state index in [1.165, 1.54) is 38.8 Å². The van der Waals surface area contributed by atoms with Gasteiger partial charge in [-0.1, -0.05) is 11.6 Å². The predicted octanol–water partition coefficient (Wildman–Crippen LogP) is 4.21. The first-order valence-electron chi connectivity index (χ1n) is 11.1. The van der Waals surface area contributed by atoms with Gasteiger partial charge in [-0.15, -0.1) is 22.7 Å². The molecule has 0 aliphatic heterocycles. The van der Waals surface area contributed by atoms with Crippen molar-refractivity contribution >= 4 is 52.0 Å². The first-order chi connectivity index (χ1) is 17.5. The Kier molecular flexibility index (Phi) is 7.64. The van der Waals surface area contributed by atoms with Crippen LogP contribution in [-0.2, 0) is 13.1 Å². The summed E-state index contributed by atoms with van der Waals surface area (Å²) in [5, 5.41) is 28.9. The number of anilines is 1. The van der Waals surface area contributed by atoms with Crippen LogP contribution in [0.3, 0.4) is 0 Å². The van der Waals surface area contributed by atoms with Crippen LogP contribution in [0.15, 0.2) is 40.0 Å². The van der Waals surface area contributed by atoms with Crippen molar-refractivity contribution in [2.75, 3.05) is 11.9 Å². The highest BCUT2D eigenvalue weighted by Crippen LogP contribution is 2.28. The number of aliphatic hydroxyl groups excluding tert-OH is 1. The Balaban J connectivity index is 1.86. The highest BCUT2D eigenvalue weighted by Gasteiger charge is 2.32. The number of halogens is 1. The fraction of sp³-hybridized carbons (Fsp3) is 0.292. The van der Waals surface area contributed by atoms with Crippen LogP contribution in [0.4, 0.5) is 5.82 Å². The van der Waals surface area contributed by atoms with Gasteiger partial charge in [0.25, 0.3) is 11.5 Å². The zero-order valence-electron chi connectivity index (χ0n) is 20.2. The number of aryl methyl sites for hydroxylation is 1. The van der Waals surface area contributed by atoms with Gasteiger partial charge in [0.15, 0.2) is 0 Å². The molecule has 0 spiro atoms. The minimum Gasteiger partial charge on any atom is -0.477 e. The van der Waals surface area contributed by atoms with Crippen LogP contribution in [0.5, 0.6) is 0 Å². The molecule has 0 aliphatic rings. The van der Waals surface area contributed by atoms with Gasteiger partial charge in [-0.25, -0.2) is 9.78 Å². The number of pyridine rings is 1. The molecule has 4 rings (SSSR count). The molecule has 0 radical (unpaired) electrons. The molecule has 0 aromatic carbocycles. The fourth-order valence-electron chi connectivity index (χ4n) is 3.64. The molecule has 13 heteroatoms. The van der Waals surface area contributed by atoms with Gasteiger partial charge in [0.1, 0.15) is 17.1 Å². The highest BCUT2D eigenvalue weighted by atomic mass is 35.5. The van der Waals surface area contributed by atoms with Crippen LogP contribution >= 0.6 is 34.3 Å². The Morgan fingerprint density at radius 2 is 2.00 bits per heavy atom. The van der Waals surface area contributed by atoms with Gasteiger partial charge < -0.3 is 15.5 Å². The monoisotopic (exact) mass is 561 g/mol. The van der Waals surface area contributed by atoms with Gasteiger partial charge in [0.05, 0.1) is 46.3 Å². The standard InChI is InChI=1S/C24H24ClN5O5S2/c1-13-6-17(29(9-14-10-36-12-27-14)21(32)20(13)22(33)34)16-7-19(26-8-15-4-5-18(25)37-15)30(28-16)23(35)24(2,3)11-31/h4-7,10,12,26,31H,8-9,11H2,1-3H3,(H,33,34). The van der Waals surface area contributed by atoms with Crippen molar-refractivity contribution in [3.63, 3.8) is 0 Å². The summed E-state index contributed by atoms with van der Waals surface area (Å²) in [6, 6.07) is 6.82. The van der Waals surface area contributed by atoms with Gasteiger partial charge in [0.2, 0.25) is 0 Å². The maximum atomic E-state index is 13.3. The third-order valence-electron chi connectivity index (χ3n) is 5.73. The van der Waals surface area contributed by atoms with E-state index < -0.39 is 29.5 Å². The number of hydrogen-bond acceptors (Lipinski definition) is 9. The van der Waals surface area contributed by atoms with Gasteiger partial charge in [0, 0.05) is 16.3 Å². The number of carboxylic acid groups (broad SMARTS) is 1. The van der Waals surface area contributed by atoms with E-state index in [1.807, 2.05) is 6.07 Å². The molecule has 0 atom stereocenters. The number of rotatable bonds is 9. The van der Waals surface area contributed by atoms with Crippen LogP contribution in [0.25, 0.3) is 11.4 Å². The van der Waals surface area contributed by atoms with E-state index in [4.69, 9.17) is 11.6 Å². The lowest BCUT2D eigenvalue weighted by Crippen LogP contribution is -2.34. The quantitative estimate of drug-likeness (QED) is 0.276. The Hall–Kier alpha value is -3.32. The summed E-state index contributed by atoms with van der Waals surface area (Å²) in [5.41, 5.74) is 0.904. The van der Waals surface area contributed by atoms with E-state index in [0.29, 0.717) is 28.1 Å². The lowest BCUT2D eigenvalue weighted by Gasteiger charge is -2.20. The number of nitrogens with one attached hydrogen (secondary N) is 1. The summed E-state index contributed by atoms with van der Waals surface area (Å²) in [4.78, 5) is 43.6. The first-order valence-corrected chi connectivity index (χ1v) is 13.2. The van der Waals surface area contributed by atoms with E-state index in [2.05, 4.69) is 15.4 Å². The molecule has 0 bridgehead atoms. The molecule has 10 nitrogen and oxygen atoms in total. The van der Waals surface area contributed by atoms with Crippen LogP contribution in [-0.4, -0.2) is 48.0 Å². The predicted molar refractivity (Wildman–Crippen MR) is 143 cm³/mol. The van der Waals surface area contributed by atoms with Gasteiger partial charge >= 0.3 is 5.97 Å². The number of aromatic nitrogens is 4. The molecule has 0 fully saturated rings. The number of carboxylic acids is 1. The topological polar surface area (TPSA) is 139 Å². The van der Waals surface area contributed by atoms with Crippen molar-refractivity contribution in [1.29, 1.82) is 0 Å². The largest absolute Gasteiger partial charge is 0.477 e. The SMILES string of the molecule is Cc1cc(-c2cc(NCc3ccc(Cl)s3)n(C(=O)C(C)(C)CO)n2)n(Cc2cscn2)c(=O)c1C(=O)O. The second kappa shape index (κ2) is 10.6. The minimum atomic E-state index is -1.33. The molecule has 37 heavy (non-hydrogen) atoms. The van der Waals surface area contributed by atoms with Gasteiger partial charge in [-0.3, -0.25) is 14.2 Å². The van der Waals surface area contributed by atoms with Gasteiger partial charge in [-0.05, 0) is 44.5 Å². The molecular weight excluding hydrogens is 538 g/mol. The molecule has 3 N–H and O–H groups in total. The summed E-state index contributed by atoms with van der Waals surface area (Å²) in [6.45, 7) is 4.72. The molecule has 0 saturated carbocycles. The maximum absolute atomic E-state index is 13.3. The van der Waals surface area contributed by atoms with Crippen LogP contribution in [0, 0.1) is 12.3 Å². The summed E-state index contributed by atoms with van der Waals surface area (Å²) in [7, 11) is 0. The first kappa shape index (κ1) is 26.7. The van der Waals surface area contributed by atoms with Crippen LogP contribution in [0.1, 0.15) is 45.1 Å². The van der Waals surface area contributed by atoms with Crippen LogP contribution < -0.4 is 10.9 Å². The van der Waals surface area contributed by atoms with E-state index in [-0.39, 0.29) is 23.4 Å². The van der Waals surface area contributed by atoms with E-state index in [0.717, 1.165) is 4.88 Å². The van der Waals surface area contributed by atoms with Crippen molar-refractivity contribution in [2.24, 2.45) is 5.41 Å². The van der Waals surface area contributed by atoms with Gasteiger partial charge in [-0.2, -0.15) is 9.78 Å². The number of thiophene rings is 1. The van der Waals surface area contributed by atoms with Crippen LogP contribution in [0.2, 0.25) is 4.34 Å². The van der Waals surface area contributed by atoms with Crippen molar-refractivity contribution in [3.8, 4) is 11.4 Å². The summed E-state index contributed by atoms with van der Waals surface area (Å²) >= 11 is 8.78. The molecule has 4 heterocycles. The number of aliphatic hydroxyl groups is 1. The van der Waals surface area contributed by atoms with E-state index >= 15 is 0 Å². The maximum Gasteiger partial charge on any atom is 0.341 e. The fourth-order valence-corrected chi connectivity index (χ4v) is 5.22. The lowest BCUT2D eigenvalue weighted by atomic mass is 9.94. The molecule has 0 unspecified atom stereocenters. The Bertz CT molecular complexity index is 1520. The average molecular weight is 562 g/mol. The molecular formula is C24H24ClN5O5S2. The Labute approximate surface area is 224 Å². The number of thiazole rings is 1.